The molecule has 3 aromatic carbocycles. The average Bonchev–Trinajstić information content (AvgIpc) is 2.86. The first-order chi connectivity index (χ1) is 16.6. The molecular weight excluding hydrogens is 426 g/mol. The molecule has 0 spiro atoms. The van der Waals surface area contributed by atoms with Crippen molar-refractivity contribution in [2.45, 2.75) is 64.7 Å². The van der Waals surface area contributed by atoms with E-state index < -0.39 is 11.6 Å². The molecule has 0 fully saturated rings. The Morgan fingerprint density at radius 3 is 1.79 bits per heavy atom. The fourth-order valence-electron chi connectivity index (χ4n) is 4.12. The summed E-state index contributed by atoms with van der Waals surface area (Å²) in [6.07, 6.45) is 12.5. The zero-order chi connectivity index (χ0) is 24.2. The second-order valence-electron chi connectivity index (χ2n) is 8.81. The van der Waals surface area contributed by atoms with E-state index in [1.807, 2.05) is 24.3 Å². The molecule has 0 saturated heterocycles. The van der Waals surface area contributed by atoms with Crippen LogP contribution in [0.1, 0.15) is 63.9 Å². The quantitative estimate of drug-likeness (QED) is 0.171. The minimum absolute atomic E-state index is 0.245. The minimum Gasteiger partial charge on any atom is -0.493 e. The van der Waals surface area contributed by atoms with E-state index in [9.17, 15) is 8.78 Å². The topological polar surface area (TPSA) is 9.23 Å². The van der Waals surface area contributed by atoms with E-state index in [1.54, 1.807) is 42.5 Å². The second-order valence-corrected chi connectivity index (χ2v) is 8.81. The fraction of sp³-hybridized carbons (Fsp3) is 0.355. The van der Waals surface area contributed by atoms with E-state index in [4.69, 9.17) is 4.74 Å². The molecule has 180 valence electrons. The Morgan fingerprint density at radius 2 is 1.24 bits per heavy atom. The smallest absolute Gasteiger partial charge is 0.167 e. The van der Waals surface area contributed by atoms with Gasteiger partial charge in [0.2, 0.25) is 0 Å². The standard InChI is InChI=1S/C31H36F2O/c1-3-5-7-8-9-10-11-12-24-13-15-25(16-14-24)28-21-22-29(31(33)30(28)32)26-17-19-27(20-18-26)34-23-6-4-2/h4,13-22H,2-3,5-12,23H2,1H3. The van der Waals surface area contributed by atoms with Gasteiger partial charge < -0.3 is 4.74 Å². The molecule has 0 aliphatic rings. The van der Waals surface area contributed by atoms with Gasteiger partial charge >= 0.3 is 0 Å². The van der Waals surface area contributed by atoms with Crippen molar-refractivity contribution in [1.82, 2.24) is 0 Å². The zero-order valence-corrected chi connectivity index (χ0v) is 20.3. The van der Waals surface area contributed by atoms with E-state index >= 15 is 0 Å². The molecule has 0 bridgehead atoms. The average molecular weight is 463 g/mol. The van der Waals surface area contributed by atoms with Crippen molar-refractivity contribution in [2.24, 2.45) is 0 Å². The van der Waals surface area contributed by atoms with Crippen LogP contribution in [-0.2, 0) is 6.42 Å². The lowest BCUT2D eigenvalue weighted by atomic mass is 9.97. The van der Waals surface area contributed by atoms with Crippen LogP contribution < -0.4 is 4.74 Å². The third kappa shape index (κ3) is 7.28. The number of unbranched alkanes of at least 4 members (excludes halogenated alkanes) is 6. The number of ether oxygens (including phenoxy) is 1. The highest BCUT2D eigenvalue weighted by Gasteiger charge is 2.16. The van der Waals surface area contributed by atoms with E-state index in [0.717, 1.165) is 12.8 Å². The van der Waals surface area contributed by atoms with Crippen LogP contribution in [-0.4, -0.2) is 6.61 Å². The number of hydrogen-bond donors (Lipinski definition) is 0. The van der Waals surface area contributed by atoms with Crippen molar-refractivity contribution in [3.8, 4) is 28.0 Å². The predicted molar refractivity (Wildman–Crippen MR) is 139 cm³/mol. The van der Waals surface area contributed by atoms with Gasteiger partial charge in [0, 0.05) is 11.1 Å². The normalized spacial score (nSPS) is 10.9. The minimum atomic E-state index is -0.829. The number of halogens is 2. The van der Waals surface area contributed by atoms with Gasteiger partial charge in [0.15, 0.2) is 11.6 Å². The van der Waals surface area contributed by atoms with Gasteiger partial charge in [0.25, 0.3) is 0 Å². The molecule has 0 radical (unpaired) electrons. The van der Waals surface area contributed by atoms with E-state index in [0.29, 0.717) is 23.5 Å². The highest BCUT2D eigenvalue weighted by molar-refractivity contribution is 5.72. The Kier molecular flexibility index (Phi) is 10.3. The van der Waals surface area contributed by atoms with E-state index in [-0.39, 0.29) is 11.1 Å². The number of benzene rings is 3. The molecule has 0 aliphatic carbocycles. The highest BCUT2D eigenvalue weighted by atomic mass is 19.2. The molecule has 3 heteroatoms. The lowest BCUT2D eigenvalue weighted by Crippen LogP contribution is -1.96. The summed E-state index contributed by atoms with van der Waals surface area (Å²) < 4.78 is 35.5. The van der Waals surface area contributed by atoms with E-state index in [1.165, 1.54) is 50.5 Å². The van der Waals surface area contributed by atoms with Gasteiger partial charge in [-0.15, -0.1) is 6.58 Å². The molecule has 0 heterocycles. The number of aryl methyl sites for hydroxylation is 1. The van der Waals surface area contributed by atoms with Gasteiger partial charge in [0.05, 0.1) is 6.61 Å². The largest absolute Gasteiger partial charge is 0.493 e. The summed E-state index contributed by atoms with van der Waals surface area (Å²) in [6.45, 7) is 6.44. The van der Waals surface area contributed by atoms with Crippen molar-refractivity contribution in [1.29, 1.82) is 0 Å². The third-order valence-electron chi connectivity index (χ3n) is 6.17. The Hall–Kier alpha value is -2.94. The van der Waals surface area contributed by atoms with Crippen molar-refractivity contribution in [3.63, 3.8) is 0 Å². The maximum absolute atomic E-state index is 15.0. The summed E-state index contributed by atoms with van der Waals surface area (Å²) in [6, 6.07) is 18.2. The molecule has 3 aromatic rings. The first-order valence-corrected chi connectivity index (χ1v) is 12.6. The van der Waals surface area contributed by atoms with Crippen molar-refractivity contribution in [3.05, 3.63) is 90.5 Å². The lowest BCUT2D eigenvalue weighted by molar-refractivity contribution is 0.325. The summed E-state index contributed by atoms with van der Waals surface area (Å²) >= 11 is 0. The van der Waals surface area contributed by atoms with Crippen LogP contribution in [0.2, 0.25) is 0 Å². The molecule has 3 rings (SSSR count). The molecule has 0 N–H and O–H groups in total. The Bertz CT molecular complexity index is 1020. The van der Waals surface area contributed by atoms with Crippen LogP contribution in [0.5, 0.6) is 5.75 Å². The maximum Gasteiger partial charge on any atom is 0.167 e. The lowest BCUT2D eigenvalue weighted by Gasteiger charge is -2.11. The van der Waals surface area contributed by atoms with Crippen LogP contribution >= 0.6 is 0 Å². The molecule has 0 unspecified atom stereocenters. The first-order valence-electron chi connectivity index (χ1n) is 12.6. The molecule has 0 amide bonds. The van der Waals surface area contributed by atoms with Crippen LogP contribution in [0.25, 0.3) is 22.3 Å². The predicted octanol–water partition coefficient (Wildman–Crippen LogP) is 9.55. The van der Waals surface area contributed by atoms with Crippen LogP contribution in [0.15, 0.2) is 73.3 Å². The fourth-order valence-corrected chi connectivity index (χ4v) is 4.12. The first kappa shape index (κ1) is 25.7. The van der Waals surface area contributed by atoms with Crippen LogP contribution in [0.3, 0.4) is 0 Å². The summed E-state index contributed by atoms with van der Waals surface area (Å²) in [4.78, 5) is 0. The summed E-state index contributed by atoms with van der Waals surface area (Å²) in [5.74, 6) is -0.951. The number of rotatable bonds is 14. The molecule has 0 saturated carbocycles. The SMILES string of the molecule is C=CCCOc1ccc(-c2ccc(-c3ccc(CCCCCCCCC)cc3)c(F)c2F)cc1. The molecule has 0 aromatic heterocycles. The Morgan fingerprint density at radius 1 is 0.706 bits per heavy atom. The van der Waals surface area contributed by atoms with Crippen LogP contribution in [0, 0.1) is 11.6 Å². The van der Waals surface area contributed by atoms with Gasteiger partial charge in [-0.05, 0) is 48.1 Å². The van der Waals surface area contributed by atoms with Gasteiger partial charge in [-0.1, -0.05) is 100 Å². The van der Waals surface area contributed by atoms with Crippen molar-refractivity contribution < 1.29 is 13.5 Å². The number of hydrogen-bond acceptors (Lipinski definition) is 1. The van der Waals surface area contributed by atoms with E-state index in [2.05, 4.69) is 13.5 Å². The summed E-state index contributed by atoms with van der Waals surface area (Å²) in [7, 11) is 0. The molecule has 0 atom stereocenters. The van der Waals surface area contributed by atoms with Crippen molar-refractivity contribution >= 4 is 0 Å². The zero-order valence-electron chi connectivity index (χ0n) is 20.3. The van der Waals surface area contributed by atoms with Crippen molar-refractivity contribution in [2.75, 3.05) is 6.61 Å². The van der Waals surface area contributed by atoms with Gasteiger partial charge in [-0.2, -0.15) is 0 Å². The second kappa shape index (κ2) is 13.7. The van der Waals surface area contributed by atoms with Gasteiger partial charge in [-0.3, -0.25) is 0 Å². The third-order valence-corrected chi connectivity index (χ3v) is 6.17. The molecule has 34 heavy (non-hydrogen) atoms. The summed E-state index contributed by atoms with van der Waals surface area (Å²) in [5.41, 5.74) is 3.08. The molecule has 1 nitrogen and oxygen atoms in total. The van der Waals surface area contributed by atoms with Gasteiger partial charge in [0.1, 0.15) is 5.75 Å². The summed E-state index contributed by atoms with van der Waals surface area (Å²) in [5, 5.41) is 0. The molecular formula is C31H36F2O. The monoisotopic (exact) mass is 462 g/mol. The molecule has 0 aliphatic heterocycles. The van der Waals surface area contributed by atoms with Gasteiger partial charge in [-0.25, -0.2) is 8.78 Å². The van der Waals surface area contributed by atoms with Crippen LogP contribution in [0.4, 0.5) is 8.78 Å². The highest BCUT2D eigenvalue weighted by Crippen LogP contribution is 2.32. The Balaban J connectivity index is 1.61. The maximum atomic E-state index is 15.0. The Labute approximate surface area is 203 Å².